The molecule has 1 atom stereocenters. The van der Waals surface area contributed by atoms with Crippen molar-refractivity contribution in [2.45, 2.75) is 57.2 Å². The number of ether oxygens (including phenoxy) is 2. The Labute approximate surface area is 120 Å². The Morgan fingerprint density at radius 1 is 1.35 bits per heavy atom. The first-order valence-electron chi connectivity index (χ1n) is 7.22. The van der Waals surface area contributed by atoms with Gasteiger partial charge in [0, 0.05) is 13.2 Å². The molecule has 20 heavy (non-hydrogen) atoms. The van der Waals surface area contributed by atoms with Gasteiger partial charge in [-0.05, 0) is 26.7 Å². The summed E-state index contributed by atoms with van der Waals surface area (Å²) >= 11 is 0. The molecule has 0 aliphatic heterocycles. The topological polar surface area (TPSA) is 74.3 Å². The van der Waals surface area contributed by atoms with Crippen molar-refractivity contribution in [2.75, 3.05) is 14.2 Å². The summed E-state index contributed by atoms with van der Waals surface area (Å²) in [6, 6.07) is 0.106. The first-order chi connectivity index (χ1) is 9.59. The van der Waals surface area contributed by atoms with E-state index in [1.807, 2.05) is 4.68 Å². The van der Waals surface area contributed by atoms with E-state index in [-0.39, 0.29) is 17.7 Å². The molecule has 1 aromatic rings. The van der Waals surface area contributed by atoms with Gasteiger partial charge >= 0.3 is 0 Å². The van der Waals surface area contributed by atoms with Gasteiger partial charge in [-0.2, -0.15) is 5.10 Å². The van der Waals surface area contributed by atoms with Crippen LogP contribution in [0.4, 0.5) is 0 Å². The van der Waals surface area contributed by atoms with Gasteiger partial charge in [-0.25, -0.2) is 5.43 Å². The summed E-state index contributed by atoms with van der Waals surface area (Å²) < 4.78 is 13.3. The second-order valence-electron chi connectivity index (χ2n) is 5.71. The predicted octanol–water partition coefficient (Wildman–Crippen LogP) is 1.94. The van der Waals surface area contributed by atoms with E-state index in [1.54, 1.807) is 20.4 Å². The molecule has 1 aromatic heterocycles. The Balaban J connectivity index is 2.48. The summed E-state index contributed by atoms with van der Waals surface area (Å²) in [6.45, 7) is 4.19. The maximum Gasteiger partial charge on any atom is 0.161 e. The third kappa shape index (κ3) is 2.43. The second kappa shape index (κ2) is 6.11. The van der Waals surface area contributed by atoms with E-state index in [4.69, 9.17) is 15.3 Å². The molecule has 0 amide bonds. The lowest BCUT2D eigenvalue weighted by Gasteiger charge is -2.36. The lowest BCUT2D eigenvalue weighted by molar-refractivity contribution is -0.0398. The van der Waals surface area contributed by atoms with Crippen LogP contribution >= 0.6 is 0 Å². The molecule has 0 saturated heterocycles. The normalized spacial score (nSPS) is 19.5. The summed E-state index contributed by atoms with van der Waals surface area (Å²) in [7, 11) is 3.42. The summed E-state index contributed by atoms with van der Waals surface area (Å²) in [4.78, 5) is 0. The van der Waals surface area contributed by atoms with E-state index in [1.165, 1.54) is 0 Å². The third-order valence-corrected chi connectivity index (χ3v) is 4.33. The first kappa shape index (κ1) is 15.3. The van der Waals surface area contributed by atoms with E-state index in [0.29, 0.717) is 0 Å². The minimum atomic E-state index is -0.283. The molecule has 0 spiro atoms. The summed E-state index contributed by atoms with van der Waals surface area (Å²) in [5.41, 5.74) is 3.63. The van der Waals surface area contributed by atoms with Crippen molar-refractivity contribution in [2.24, 2.45) is 5.84 Å². The molecule has 6 heteroatoms. The van der Waals surface area contributed by atoms with Gasteiger partial charge in [0.2, 0.25) is 0 Å². The van der Waals surface area contributed by atoms with Crippen LogP contribution in [0.25, 0.3) is 0 Å². The lowest BCUT2D eigenvalue weighted by atomic mass is 9.89. The zero-order chi connectivity index (χ0) is 14.8. The molecule has 114 valence electrons. The quantitative estimate of drug-likeness (QED) is 0.616. The highest BCUT2D eigenvalue weighted by molar-refractivity contribution is 5.31. The molecule has 1 aliphatic carbocycles. The van der Waals surface area contributed by atoms with E-state index in [0.717, 1.165) is 37.1 Å². The molecule has 1 aliphatic rings. The van der Waals surface area contributed by atoms with E-state index < -0.39 is 0 Å². The predicted molar refractivity (Wildman–Crippen MR) is 77.4 cm³/mol. The second-order valence-corrected chi connectivity index (χ2v) is 5.71. The number of hydrazine groups is 1. The van der Waals surface area contributed by atoms with Gasteiger partial charge in [0.15, 0.2) is 5.75 Å². The minimum absolute atomic E-state index is 0.130. The van der Waals surface area contributed by atoms with Crippen LogP contribution in [0.15, 0.2) is 6.20 Å². The molecule has 1 unspecified atom stereocenters. The van der Waals surface area contributed by atoms with Crippen LogP contribution in [-0.2, 0) is 4.74 Å². The fourth-order valence-electron chi connectivity index (χ4n) is 3.26. The molecule has 3 N–H and O–H groups in total. The van der Waals surface area contributed by atoms with Crippen molar-refractivity contribution in [1.82, 2.24) is 15.2 Å². The molecular weight excluding hydrogens is 256 g/mol. The number of methoxy groups -OCH3 is 2. The van der Waals surface area contributed by atoms with Crippen molar-refractivity contribution in [1.29, 1.82) is 0 Å². The van der Waals surface area contributed by atoms with Gasteiger partial charge in [0.25, 0.3) is 0 Å². The number of aromatic nitrogens is 2. The number of hydrogen-bond acceptors (Lipinski definition) is 5. The van der Waals surface area contributed by atoms with Gasteiger partial charge < -0.3 is 9.47 Å². The average molecular weight is 282 g/mol. The number of hydrogen-bond donors (Lipinski definition) is 2. The van der Waals surface area contributed by atoms with E-state index in [9.17, 15) is 0 Å². The first-order valence-corrected chi connectivity index (χ1v) is 7.22. The van der Waals surface area contributed by atoms with Crippen LogP contribution in [0, 0.1) is 0 Å². The SMILES string of the molecule is COc1cnn(C(C)C)c1C(NN)C1(OC)CCCC1. The Morgan fingerprint density at radius 3 is 2.45 bits per heavy atom. The number of nitrogens with two attached hydrogens (primary N) is 1. The highest BCUT2D eigenvalue weighted by atomic mass is 16.5. The largest absolute Gasteiger partial charge is 0.493 e. The van der Waals surface area contributed by atoms with Gasteiger partial charge in [-0.3, -0.25) is 10.5 Å². The third-order valence-electron chi connectivity index (χ3n) is 4.33. The Kier molecular flexibility index (Phi) is 4.67. The highest BCUT2D eigenvalue weighted by Crippen LogP contribution is 2.44. The number of nitrogens with zero attached hydrogens (tertiary/aromatic N) is 2. The minimum Gasteiger partial charge on any atom is -0.493 e. The van der Waals surface area contributed by atoms with Gasteiger partial charge in [-0.1, -0.05) is 12.8 Å². The Hall–Kier alpha value is -1.11. The van der Waals surface area contributed by atoms with Crippen molar-refractivity contribution in [3.05, 3.63) is 11.9 Å². The van der Waals surface area contributed by atoms with Crippen LogP contribution in [0.5, 0.6) is 5.75 Å². The summed E-state index contributed by atoms with van der Waals surface area (Å²) in [5, 5.41) is 4.43. The van der Waals surface area contributed by atoms with E-state index in [2.05, 4.69) is 24.4 Å². The molecule has 1 fully saturated rings. The van der Waals surface area contributed by atoms with Crippen molar-refractivity contribution < 1.29 is 9.47 Å². The molecule has 1 saturated carbocycles. The zero-order valence-electron chi connectivity index (χ0n) is 12.8. The molecule has 2 rings (SSSR count). The fraction of sp³-hybridized carbons (Fsp3) is 0.786. The Bertz CT molecular complexity index is 438. The molecular formula is C14H26N4O2. The van der Waals surface area contributed by atoms with E-state index >= 15 is 0 Å². The van der Waals surface area contributed by atoms with Crippen LogP contribution in [-0.4, -0.2) is 29.6 Å². The van der Waals surface area contributed by atoms with Crippen LogP contribution in [0.1, 0.15) is 57.3 Å². The molecule has 0 bridgehead atoms. The fourth-order valence-corrected chi connectivity index (χ4v) is 3.26. The van der Waals surface area contributed by atoms with Crippen LogP contribution in [0.2, 0.25) is 0 Å². The van der Waals surface area contributed by atoms with Gasteiger partial charge in [0.05, 0.1) is 24.9 Å². The van der Waals surface area contributed by atoms with Gasteiger partial charge in [-0.15, -0.1) is 0 Å². The van der Waals surface area contributed by atoms with Crippen molar-refractivity contribution in [3.8, 4) is 5.75 Å². The van der Waals surface area contributed by atoms with Crippen molar-refractivity contribution >= 4 is 0 Å². The summed E-state index contributed by atoms with van der Waals surface area (Å²) in [5.74, 6) is 6.63. The molecule has 0 aromatic carbocycles. The maximum atomic E-state index is 5.87. The molecule has 6 nitrogen and oxygen atoms in total. The lowest BCUT2D eigenvalue weighted by Crippen LogP contribution is -2.47. The maximum absolute atomic E-state index is 5.87. The average Bonchev–Trinajstić information content (AvgIpc) is 3.07. The highest BCUT2D eigenvalue weighted by Gasteiger charge is 2.45. The number of nitrogens with one attached hydrogen (secondary N) is 1. The standard InChI is InChI=1S/C14H26N4O2/c1-10(2)18-12(11(19-3)9-16-18)13(17-15)14(20-4)7-5-6-8-14/h9-10,13,17H,5-8,15H2,1-4H3. The van der Waals surface area contributed by atoms with Crippen LogP contribution in [0.3, 0.4) is 0 Å². The molecule has 0 radical (unpaired) electrons. The summed E-state index contributed by atoms with van der Waals surface area (Å²) in [6.07, 6.45) is 6.04. The monoisotopic (exact) mass is 282 g/mol. The molecule has 1 heterocycles. The number of rotatable bonds is 6. The zero-order valence-corrected chi connectivity index (χ0v) is 12.8. The van der Waals surface area contributed by atoms with Crippen LogP contribution < -0.4 is 16.0 Å². The van der Waals surface area contributed by atoms with Gasteiger partial charge in [0.1, 0.15) is 5.69 Å². The Morgan fingerprint density at radius 2 is 2.00 bits per heavy atom. The smallest absolute Gasteiger partial charge is 0.161 e. The van der Waals surface area contributed by atoms with Crippen molar-refractivity contribution in [3.63, 3.8) is 0 Å².